The molecule has 2 nitrogen and oxygen atoms in total. The van der Waals surface area contributed by atoms with Crippen molar-refractivity contribution in [3.05, 3.63) is 59.2 Å². The van der Waals surface area contributed by atoms with E-state index in [-0.39, 0.29) is 0 Å². The summed E-state index contributed by atoms with van der Waals surface area (Å²) in [4.78, 5) is 4.82. The first-order valence-electron chi connectivity index (χ1n) is 6.51. The molecule has 0 spiro atoms. The van der Waals surface area contributed by atoms with E-state index in [0.29, 0.717) is 0 Å². The largest absolute Gasteiger partial charge is 0.398 e. The molecule has 0 bridgehead atoms. The van der Waals surface area contributed by atoms with Gasteiger partial charge in [0.1, 0.15) is 0 Å². The summed E-state index contributed by atoms with van der Waals surface area (Å²) in [5.41, 5.74) is 14.3. The fourth-order valence-electron chi connectivity index (χ4n) is 2.93. The number of nitrogen functional groups attached to an aromatic ring is 1. The third-order valence-corrected chi connectivity index (χ3v) is 3.93. The molecule has 4 rings (SSSR count). The zero-order valence-electron chi connectivity index (χ0n) is 10.8. The zero-order valence-corrected chi connectivity index (χ0v) is 10.8. The van der Waals surface area contributed by atoms with Crippen molar-refractivity contribution in [3.8, 4) is 11.3 Å². The van der Waals surface area contributed by atoms with Crippen LogP contribution in [0.2, 0.25) is 0 Å². The quantitative estimate of drug-likeness (QED) is 0.514. The van der Waals surface area contributed by atoms with Gasteiger partial charge in [0.05, 0.1) is 11.2 Å². The molecule has 0 radical (unpaired) electrons. The molecule has 0 amide bonds. The molecule has 0 aliphatic heterocycles. The standard InChI is InChI=1S/C17H14N2/c1-10-6-7-11-9-14-16(18)12-4-2-3-5-15(12)19-17(14)13(11)8-10/h2-8H,9H2,1H3,(H2,18,19). The number of anilines is 1. The molecular weight excluding hydrogens is 232 g/mol. The maximum absolute atomic E-state index is 6.35. The molecule has 0 saturated heterocycles. The van der Waals surface area contributed by atoms with E-state index in [1.165, 1.54) is 22.3 Å². The smallest absolute Gasteiger partial charge is 0.0768 e. The van der Waals surface area contributed by atoms with Crippen LogP contribution in [0.4, 0.5) is 5.69 Å². The van der Waals surface area contributed by atoms with Crippen LogP contribution >= 0.6 is 0 Å². The fourth-order valence-corrected chi connectivity index (χ4v) is 2.93. The number of aromatic nitrogens is 1. The highest BCUT2D eigenvalue weighted by molar-refractivity contribution is 5.97. The third-order valence-electron chi connectivity index (χ3n) is 3.93. The lowest BCUT2D eigenvalue weighted by molar-refractivity contribution is 1.25. The van der Waals surface area contributed by atoms with Gasteiger partial charge in [-0.05, 0) is 24.6 Å². The van der Waals surface area contributed by atoms with Gasteiger partial charge in [-0.25, -0.2) is 4.98 Å². The van der Waals surface area contributed by atoms with Crippen LogP contribution < -0.4 is 5.73 Å². The molecule has 1 aliphatic carbocycles. The molecule has 1 aliphatic rings. The lowest BCUT2D eigenvalue weighted by Crippen LogP contribution is -1.96. The van der Waals surface area contributed by atoms with Crippen molar-refractivity contribution in [2.45, 2.75) is 13.3 Å². The summed E-state index contributed by atoms with van der Waals surface area (Å²) in [6.07, 6.45) is 0.897. The predicted molar refractivity (Wildman–Crippen MR) is 79.1 cm³/mol. The van der Waals surface area contributed by atoms with Gasteiger partial charge in [0.25, 0.3) is 0 Å². The molecule has 2 aromatic carbocycles. The molecule has 0 unspecified atom stereocenters. The molecule has 0 fully saturated rings. The molecule has 2 heteroatoms. The number of benzene rings is 2. The first-order chi connectivity index (χ1) is 9.24. The summed E-state index contributed by atoms with van der Waals surface area (Å²) >= 11 is 0. The topological polar surface area (TPSA) is 38.9 Å². The van der Waals surface area contributed by atoms with Crippen LogP contribution in [0.5, 0.6) is 0 Å². The van der Waals surface area contributed by atoms with Gasteiger partial charge in [-0.2, -0.15) is 0 Å². The molecule has 1 aromatic heterocycles. The summed E-state index contributed by atoms with van der Waals surface area (Å²) in [6, 6.07) is 14.7. The zero-order chi connectivity index (χ0) is 13.0. The van der Waals surface area contributed by atoms with Gasteiger partial charge < -0.3 is 5.73 Å². The summed E-state index contributed by atoms with van der Waals surface area (Å²) < 4.78 is 0. The number of rotatable bonds is 0. The first kappa shape index (κ1) is 10.6. The molecule has 1 heterocycles. The number of nitrogens with zero attached hydrogens (tertiary/aromatic N) is 1. The minimum atomic E-state index is 0.884. The van der Waals surface area contributed by atoms with Crippen LogP contribution in [0, 0.1) is 6.92 Å². The average Bonchev–Trinajstić information content (AvgIpc) is 2.78. The molecular formula is C17H14N2. The van der Waals surface area contributed by atoms with Crippen LogP contribution in [0.25, 0.3) is 22.2 Å². The van der Waals surface area contributed by atoms with E-state index in [9.17, 15) is 0 Å². The van der Waals surface area contributed by atoms with Gasteiger partial charge in [-0.15, -0.1) is 0 Å². The highest BCUT2D eigenvalue weighted by Crippen LogP contribution is 2.41. The maximum Gasteiger partial charge on any atom is 0.0768 e. The Hall–Kier alpha value is -2.35. The summed E-state index contributed by atoms with van der Waals surface area (Å²) in [5, 5.41) is 1.06. The minimum Gasteiger partial charge on any atom is -0.398 e. The molecule has 92 valence electrons. The second-order valence-corrected chi connectivity index (χ2v) is 5.21. The van der Waals surface area contributed by atoms with Crippen LogP contribution in [0.15, 0.2) is 42.5 Å². The van der Waals surface area contributed by atoms with Gasteiger partial charge in [-0.3, -0.25) is 0 Å². The van der Waals surface area contributed by atoms with Crippen molar-refractivity contribution in [1.82, 2.24) is 4.98 Å². The number of hydrogen-bond donors (Lipinski definition) is 1. The SMILES string of the molecule is Cc1ccc2c(c1)-c1nc3ccccc3c(N)c1C2. The van der Waals surface area contributed by atoms with E-state index in [0.717, 1.165) is 28.7 Å². The normalized spacial score (nSPS) is 12.5. The highest BCUT2D eigenvalue weighted by Gasteiger charge is 2.23. The highest BCUT2D eigenvalue weighted by atomic mass is 14.7. The number of nitrogens with two attached hydrogens (primary N) is 1. The molecule has 0 saturated carbocycles. The van der Waals surface area contributed by atoms with Gasteiger partial charge in [-0.1, -0.05) is 35.9 Å². The van der Waals surface area contributed by atoms with Crippen molar-refractivity contribution in [2.24, 2.45) is 0 Å². The van der Waals surface area contributed by atoms with E-state index in [2.05, 4.69) is 25.1 Å². The summed E-state index contributed by atoms with van der Waals surface area (Å²) in [5.74, 6) is 0. The van der Waals surface area contributed by atoms with Crippen molar-refractivity contribution in [3.63, 3.8) is 0 Å². The lowest BCUT2D eigenvalue weighted by Gasteiger charge is -2.08. The summed E-state index contributed by atoms with van der Waals surface area (Å²) in [6.45, 7) is 2.11. The number of hydrogen-bond acceptors (Lipinski definition) is 2. The fraction of sp³-hybridized carbons (Fsp3) is 0.118. The van der Waals surface area contributed by atoms with Crippen molar-refractivity contribution < 1.29 is 0 Å². The number of fused-ring (bicyclic) bond motifs is 4. The predicted octanol–water partition coefficient (Wildman–Crippen LogP) is 3.70. The van der Waals surface area contributed by atoms with Crippen LogP contribution in [0.3, 0.4) is 0 Å². The third kappa shape index (κ3) is 1.40. The number of aryl methyl sites for hydroxylation is 1. The van der Waals surface area contributed by atoms with Crippen molar-refractivity contribution >= 4 is 16.6 Å². The Morgan fingerprint density at radius 3 is 2.84 bits per heavy atom. The second kappa shape index (κ2) is 3.58. The Kier molecular flexibility index (Phi) is 1.99. The molecule has 3 aromatic rings. The van der Waals surface area contributed by atoms with Crippen LogP contribution in [0.1, 0.15) is 16.7 Å². The van der Waals surface area contributed by atoms with Crippen molar-refractivity contribution in [2.75, 3.05) is 5.73 Å². The first-order valence-corrected chi connectivity index (χ1v) is 6.51. The monoisotopic (exact) mass is 246 g/mol. The van der Waals surface area contributed by atoms with Gasteiger partial charge in [0.15, 0.2) is 0 Å². The van der Waals surface area contributed by atoms with Gasteiger partial charge in [0.2, 0.25) is 0 Å². The Morgan fingerprint density at radius 2 is 1.95 bits per heavy atom. The van der Waals surface area contributed by atoms with E-state index in [4.69, 9.17) is 10.7 Å². The van der Waals surface area contributed by atoms with E-state index >= 15 is 0 Å². The van der Waals surface area contributed by atoms with Crippen molar-refractivity contribution in [1.29, 1.82) is 0 Å². The summed E-state index contributed by atoms with van der Waals surface area (Å²) in [7, 11) is 0. The molecule has 0 atom stereocenters. The Labute approximate surface area is 111 Å². The lowest BCUT2D eigenvalue weighted by atomic mass is 10.1. The Bertz CT molecular complexity index is 819. The second-order valence-electron chi connectivity index (χ2n) is 5.21. The molecule has 2 N–H and O–H groups in total. The number of pyridine rings is 1. The van der Waals surface area contributed by atoms with E-state index < -0.39 is 0 Å². The maximum atomic E-state index is 6.35. The molecule has 19 heavy (non-hydrogen) atoms. The number of para-hydroxylation sites is 1. The Morgan fingerprint density at radius 1 is 1.11 bits per heavy atom. The van der Waals surface area contributed by atoms with E-state index in [1.807, 2.05) is 24.3 Å². The van der Waals surface area contributed by atoms with Gasteiger partial charge in [0, 0.05) is 28.6 Å². The van der Waals surface area contributed by atoms with E-state index in [1.54, 1.807) is 0 Å². The average molecular weight is 246 g/mol. The van der Waals surface area contributed by atoms with Gasteiger partial charge >= 0.3 is 0 Å². The Balaban J connectivity index is 2.10. The van der Waals surface area contributed by atoms with Crippen LogP contribution in [-0.4, -0.2) is 4.98 Å². The van der Waals surface area contributed by atoms with Crippen LogP contribution in [-0.2, 0) is 6.42 Å². The minimum absolute atomic E-state index is 0.884.